The third kappa shape index (κ3) is 4.11. The molecule has 0 saturated heterocycles. The number of benzene rings is 1. The average molecular weight is 251 g/mol. The molecule has 1 aromatic rings. The van der Waals surface area contributed by atoms with E-state index in [0.717, 1.165) is 18.5 Å². The van der Waals surface area contributed by atoms with E-state index >= 15 is 0 Å². The summed E-state index contributed by atoms with van der Waals surface area (Å²) in [4.78, 5) is 2.17. The van der Waals surface area contributed by atoms with Gasteiger partial charge in [-0.3, -0.25) is 5.41 Å². The van der Waals surface area contributed by atoms with Crippen LogP contribution in [0, 0.1) is 17.1 Å². The predicted octanol–water partition coefficient (Wildman–Crippen LogP) is 2.59. The van der Waals surface area contributed by atoms with Crippen molar-refractivity contribution in [3.63, 3.8) is 0 Å². The monoisotopic (exact) mass is 251 g/mol. The first-order valence-corrected chi connectivity index (χ1v) is 6.25. The maximum Gasteiger partial charge on any atom is 0.123 e. The van der Waals surface area contributed by atoms with Gasteiger partial charge < -0.3 is 10.6 Å². The highest BCUT2D eigenvalue weighted by Gasteiger charge is 2.11. The quantitative estimate of drug-likeness (QED) is 0.603. The average Bonchev–Trinajstić information content (AvgIpc) is 2.30. The van der Waals surface area contributed by atoms with E-state index in [0.29, 0.717) is 18.0 Å². The first kappa shape index (κ1) is 14.6. The molecule has 1 atom stereocenters. The Balaban J connectivity index is 2.80. The van der Waals surface area contributed by atoms with Crippen LogP contribution in [0.2, 0.25) is 0 Å². The van der Waals surface area contributed by atoms with E-state index in [1.165, 1.54) is 12.1 Å². The van der Waals surface area contributed by atoms with Gasteiger partial charge in [0.1, 0.15) is 11.7 Å². The molecule has 0 fully saturated rings. The number of rotatable bonds is 6. The van der Waals surface area contributed by atoms with E-state index in [9.17, 15) is 4.39 Å². The standard InChI is InChI=1S/C14H22FN3/c1-4-10(2)8-18(3)9-11-5-6-12(15)7-13(11)14(16)17/h5-7,10H,4,8-9H2,1-3H3,(H3,16,17). The second kappa shape index (κ2) is 6.50. The number of halogens is 1. The minimum Gasteiger partial charge on any atom is -0.384 e. The number of nitrogens with two attached hydrogens (primary N) is 1. The first-order chi connectivity index (χ1) is 8.43. The lowest BCUT2D eigenvalue weighted by Gasteiger charge is -2.21. The van der Waals surface area contributed by atoms with Crippen LogP contribution in [-0.4, -0.2) is 24.3 Å². The van der Waals surface area contributed by atoms with Crippen molar-refractivity contribution >= 4 is 5.84 Å². The number of nitrogen functional groups attached to an aromatic ring is 1. The lowest BCUT2D eigenvalue weighted by molar-refractivity contribution is 0.275. The smallest absolute Gasteiger partial charge is 0.123 e. The maximum absolute atomic E-state index is 13.1. The van der Waals surface area contributed by atoms with Crippen molar-refractivity contribution in [3.05, 3.63) is 35.1 Å². The van der Waals surface area contributed by atoms with Crippen LogP contribution < -0.4 is 5.73 Å². The zero-order valence-corrected chi connectivity index (χ0v) is 11.3. The van der Waals surface area contributed by atoms with Gasteiger partial charge in [0.2, 0.25) is 0 Å². The van der Waals surface area contributed by atoms with Crippen molar-refractivity contribution in [2.45, 2.75) is 26.8 Å². The Hall–Kier alpha value is -1.42. The van der Waals surface area contributed by atoms with Gasteiger partial charge >= 0.3 is 0 Å². The fourth-order valence-corrected chi connectivity index (χ4v) is 1.95. The van der Waals surface area contributed by atoms with Gasteiger partial charge in [-0.05, 0) is 30.7 Å². The number of hydrogen-bond donors (Lipinski definition) is 2. The Labute approximate surface area is 108 Å². The van der Waals surface area contributed by atoms with Gasteiger partial charge in [0, 0.05) is 18.7 Å². The van der Waals surface area contributed by atoms with Crippen molar-refractivity contribution in [1.82, 2.24) is 4.90 Å². The second-order valence-corrected chi connectivity index (χ2v) is 4.93. The Bertz CT molecular complexity index is 418. The molecular formula is C14H22FN3. The summed E-state index contributed by atoms with van der Waals surface area (Å²) < 4.78 is 13.1. The van der Waals surface area contributed by atoms with E-state index in [4.69, 9.17) is 11.1 Å². The van der Waals surface area contributed by atoms with Gasteiger partial charge in [-0.25, -0.2) is 4.39 Å². The molecule has 0 aliphatic rings. The third-order valence-electron chi connectivity index (χ3n) is 3.12. The molecule has 18 heavy (non-hydrogen) atoms. The highest BCUT2D eigenvalue weighted by molar-refractivity contribution is 5.96. The molecule has 1 rings (SSSR count). The summed E-state index contributed by atoms with van der Waals surface area (Å²) in [5.41, 5.74) is 6.87. The van der Waals surface area contributed by atoms with Gasteiger partial charge in [0.25, 0.3) is 0 Å². The topological polar surface area (TPSA) is 53.1 Å². The fraction of sp³-hybridized carbons (Fsp3) is 0.500. The summed E-state index contributed by atoms with van der Waals surface area (Å²) in [5, 5.41) is 7.49. The van der Waals surface area contributed by atoms with Crippen molar-refractivity contribution in [1.29, 1.82) is 5.41 Å². The molecule has 100 valence electrons. The second-order valence-electron chi connectivity index (χ2n) is 4.93. The molecule has 0 amide bonds. The molecular weight excluding hydrogens is 229 g/mol. The minimum atomic E-state index is -0.353. The lowest BCUT2D eigenvalue weighted by atomic mass is 10.0. The number of hydrogen-bond acceptors (Lipinski definition) is 2. The molecule has 3 nitrogen and oxygen atoms in total. The van der Waals surface area contributed by atoms with E-state index in [2.05, 4.69) is 18.7 Å². The Kier molecular flexibility index (Phi) is 5.28. The van der Waals surface area contributed by atoms with E-state index in [-0.39, 0.29) is 11.7 Å². The summed E-state index contributed by atoms with van der Waals surface area (Å²) in [6, 6.07) is 4.45. The van der Waals surface area contributed by atoms with Crippen molar-refractivity contribution in [2.24, 2.45) is 11.7 Å². The van der Waals surface area contributed by atoms with Gasteiger partial charge in [-0.1, -0.05) is 26.3 Å². The molecule has 3 N–H and O–H groups in total. The summed E-state index contributed by atoms with van der Waals surface area (Å²) in [6.45, 7) is 6.02. The zero-order chi connectivity index (χ0) is 13.7. The fourth-order valence-electron chi connectivity index (χ4n) is 1.95. The van der Waals surface area contributed by atoms with Crippen LogP contribution in [-0.2, 0) is 6.54 Å². The van der Waals surface area contributed by atoms with E-state index in [1.54, 1.807) is 6.07 Å². The van der Waals surface area contributed by atoms with E-state index < -0.39 is 0 Å². The minimum absolute atomic E-state index is 0.0820. The maximum atomic E-state index is 13.1. The molecule has 4 heteroatoms. The summed E-state index contributed by atoms with van der Waals surface area (Å²) in [5.74, 6) is 0.186. The molecule has 0 radical (unpaired) electrons. The Morgan fingerprint density at radius 1 is 1.50 bits per heavy atom. The van der Waals surface area contributed by atoms with Crippen molar-refractivity contribution in [2.75, 3.05) is 13.6 Å². The van der Waals surface area contributed by atoms with Crippen LogP contribution >= 0.6 is 0 Å². The van der Waals surface area contributed by atoms with Gasteiger partial charge in [0.05, 0.1) is 0 Å². The predicted molar refractivity (Wildman–Crippen MR) is 73.2 cm³/mol. The molecule has 0 heterocycles. The molecule has 0 bridgehead atoms. The highest BCUT2D eigenvalue weighted by Crippen LogP contribution is 2.14. The zero-order valence-electron chi connectivity index (χ0n) is 11.3. The third-order valence-corrected chi connectivity index (χ3v) is 3.12. The first-order valence-electron chi connectivity index (χ1n) is 6.25. The van der Waals surface area contributed by atoms with Crippen LogP contribution in [0.1, 0.15) is 31.4 Å². The van der Waals surface area contributed by atoms with Crippen LogP contribution in [0.3, 0.4) is 0 Å². The van der Waals surface area contributed by atoms with Crippen LogP contribution in [0.5, 0.6) is 0 Å². The molecule has 0 saturated carbocycles. The van der Waals surface area contributed by atoms with Crippen LogP contribution in [0.15, 0.2) is 18.2 Å². The molecule has 0 spiro atoms. The Morgan fingerprint density at radius 2 is 2.17 bits per heavy atom. The number of amidine groups is 1. The molecule has 1 aromatic carbocycles. The normalized spacial score (nSPS) is 12.7. The molecule has 0 aliphatic carbocycles. The van der Waals surface area contributed by atoms with Crippen molar-refractivity contribution < 1.29 is 4.39 Å². The lowest BCUT2D eigenvalue weighted by Crippen LogP contribution is -2.25. The van der Waals surface area contributed by atoms with Gasteiger partial charge in [0.15, 0.2) is 0 Å². The SMILES string of the molecule is CCC(C)CN(C)Cc1ccc(F)cc1C(=N)N. The molecule has 1 unspecified atom stereocenters. The van der Waals surface area contributed by atoms with Crippen molar-refractivity contribution in [3.8, 4) is 0 Å². The number of nitrogens with one attached hydrogen (secondary N) is 1. The van der Waals surface area contributed by atoms with Gasteiger partial charge in [-0.15, -0.1) is 0 Å². The summed E-state index contributed by atoms with van der Waals surface area (Å²) in [6.07, 6.45) is 1.13. The van der Waals surface area contributed by atoms with Crippen LogP contribution in [0.25, 0.3) is 0 Å². The molecule has 0 aliphatic heterocycles. The summed E-state index contributed by atoms with van der Waals surface area (Å²) in [7, 11) is 2.03. The van der Waals surface area contributed by atoms with E-state index in [1.807, 2.05) is 7.05 Å². The van der Waals surface area contributed by atoms with Crippen LogP contribution in [0.4, 0.5) is 4.39 Å². The Morgan fingerprint density at radius 3 is 2.72 bits per heavy atom. The summed E-state index contributed by atoms with van der Waals surface area (Å²) >= 11 is 0. The largest absolute Gasteiger partial charge is 0.384 e. The number of nitrogens with zero attached hydrogens (tertiary/aromatic N) is 1. The molecule has 0 aromatic heterocycles. The highest BCUT2D eigenvalue weighted by atomic mass is 19.1. The van der Waals surface area contributed by atoms with Gasteiger partial charge in [-0.2, -0.15) is 0 Å².